The summed E-state index contributed by atoms with van der Waals surface area (Å²) in [4.78, 5) is 30.0. The van der Waals surface area contributed by atoms with Crippen LogP contribution in [0.3, 0.4) is 0 Å². The highest BCUT2D eigenvalue weighted by molar-refractivity contribution is 7.99. The Hall–Kier alpha value is -1.34. The molecule has 1 aromatic heterocycles. The predicted octanol–water partition coefficient (Wildman–Crippen LogP) is 0.720. The third kappa shape index (κ3) is 4.64. The van der Waals surface area contributed by atoms with E-state index in [1.807, 2.05) is 6.92 Å². The van der Waals surface area contributed by atoms with Gasteiger partial charge in [-0.3, -0.25) is 9.59 Å². The molecule has 2 N–H and O–H groups in total. The summed E-state index contributed by atoms with van der Waals surface area (Å²) in [5, 5.41) is 3.32. The molecule has 0 aliphatic carbocycles. The van der Waals surface area contributed by atoms with Gasteiger partial charge in [0.25, 0.3) is 5.56 Å². The minimum atomic E-state index is -0.181. The first-order valence-electron chi connectivity index (χ1n) is 6.78. The molecule has 1 aromatic rings. The average Bonchev–Trinajstić information content (AvgIpc) is 2.95. The van der Waals surface area contributed by atoms with E-state index in [4.69, 9.17) is 4.74 Å². The Kier molecular flexibility index (Phi) is 5.60. The molecule has 1 aliphatic rings. The molecule has 0 unspecified atom stereocenters. The Labute approximate surface area is 121 Å². The summed E-state index contributed by atoms with van der Waals surface area (Å²) in [5.74, 6) is 0.165. The smallest absolute Gasteiger partial charge is 0.251 e. The summed E-state index contributed by atoms with van der Waals surface area (Å²) in [6.07, 6.45) is 2.90. The molecule has 6 nitrogen and oxygen atoms in total. The van der Waals surface area contributed by atoms with E-state index < -0.39 is 0 Å². The number of amides is 1. The van der Waals surface area contributed by atoms with Crippen LogP contribution < -0.4 is 10.9 Å². The minimum Gasteiger partial charge on any atom is -0.376 e. The standard InChI is InChI=1S/C13H19N3O3S/c1-2-9-6-11(17)16-13(15-9)20-8-12(18)14-7-10-4-3-5-19-10/h6,10H,2-5,7-8H2,1H3,(H,14,18)(H,15,16,17)/t10-/m0/s1. The van der Waals surface area contributed by atoms with Gasteiger partial charge in [0.15, 0.2) is 5.16 Å². The number of nitrogens with one attached hydrogen (secondary N) is 2. The van der Waals surface area contributed by atoms with E-state index in [0.717, 1.165) is 25.1 Å². The summed E-state index contributed by atoms with van der Waals surface area (Å²) in [5.41, 5.74) is 0.551. The van der Waals surface area contributed by atoms with E-state index in [1.54, 1.807) is 0 Å². The third-order valence-electron chi connectivity index (χ3n) is 3.03. The highest BCUT2D eigenvalue weighted by Gasteiger charge is 2.16. The van der Waals surface area contributed by atoms with E-state index in [2.05, 4.69) is 15.3 Å². The molecule has 0 radical (unpaired) electrons. The molecule has 1 saturated heterocycles. The van der Waals surface area contributed by atoms with E-state index in [0.29, 0.717) is 18.1 Å². The number of thioether (sulfide) groups is 1. The van der Waals surface area contributed by atoms with Gasteiger partial charge in [-0.05, 0) is 19.3 Å². The van der Waals surface area contributed by atoms with Gasteiger partial charge >= 0.3 is 0 Å². The van der Waals surface area contributed by atoms with Crippen molar-refractivity contribution in [2.45, 2.75) is 37.4 Å². The number of aryl methyl sites for hydroxylation is 1. The molecular formula is C13H19N3O3S. The molecule has 0 saturated carbocycles. The fourth-order valence-electron chi connectivity index (χ4n) is 1.95. The van der Waals surface area contributed by atoms with Crippen LogP contribution in [0.2, 0.25) is 0 Å². The number of nitrogens with zero attached hydrogens (tertiary/aromatic N) is 1. The molecule has 1 aliphatic heterocycles. The Balaban J connectivity index is 1.77. The van der Waals surface area contributed by atoms with Crippen LogP contribution in [-0.2, 0) is 16.0 Å². The van der Waals surface area contributed by atoms with Crippen LogP contribution in [0.5, 0.6) is 0 Å². The lowest BCUT2D eigenvalue weighted by Crippen LogP contribution is -2.33. The lowest BCUT2D eigenvalue weighted by Gasteiger charge is -2.10. The molecule has 0 aromatic carbocycles. The van der Waals surface area contributed by atoms with E-state index in [-0.39, 0.29) is 23.3 Å². The Morgan fingerprint density at radius 3 is 3.20 bits per heavy atom. The van der Waals surface area contributed by atoms with Gasteiger partial charge in [-0.15, -0.1) is 0 Å². The van der Waals surface area contributed by atoms with Gasteiger partial charge in [-0.25, -0.2) is 4.98 Å². The molecule has 1 atom stereocenters. The van der Waals surface area contributed by atoms with Crippen LogP contribution in [0.4, 0.5) is 0 Å². The lowest BCUT2D eigenvalue weighted by molar-refractivity contribution is -0.119. The fourth-order valence-corrected chi connectivity index (χ4v) is 2.68. The topological polar surface area (TPSA) is 84.1 Å². The normalized spacial score (nSPS) is 18.1. The maximum atomic E-state index is 11.7. The zero-order valence-electron chi connectivity index (χ0n) is 11.5. The van der Waals surface area contributed by atoms with Crippen LogP contribution in [0.15, 0.2) is 16.0 Å². The predicted molar refractivity (Wildman–Crippen MR) is 76.9 cm³/mol. The Bertz CT molecular complexity index is 512. The van der Waals surface area contributed by atoms with Crippen molar-refractivity contribution in [1.82, 2.24) is 15.3 Å². The number of ether oxygens (including phenoxy) is 1. The van der Waals surface area contributed by atoms with Crippen LogP contribution in [0.25, 0.3) is 0 Å². The van der Waals surface area contributed by atoms with Crippen LogP contribution in [0, 0.1) is 0 Å². The summed E-state index contributed by atoms with van der Waals surface area (Å²) >= 11 is 1.24. The van der Waals surface area contributed by atoms with Crippen molar-refractivity contribution in [3.05, 3.63) is 22.1 Å². The molecule has 2 heterocycles. The van der Waals surface area contributed by atoms with Gasteiger partial charge in [0.2, 0.25) is 5.91 Å². The van der Waals surface area contributed by atoms with Crippen molar-refractivity contribution in [2.75, 3.05) is 18.9 Å². The second kappa shape index (κ2) is 7.44. The molecule has 1 amide bonds. The zero-order chi connectivity index (χ0) is 14.4. The van der Waals surface area contributed by atoms with Crippen LogP contribution in [-0.4, -0.2) is 40.9 Å². The molecule has 0 bridgehead atoms. The minimum absolute atomic E-state index is 0.0740. The largest absolute Gasteiger partial charge is 0.376 e. The number of hydrogen-bond acceptors (Lipinski definition) is 5. The van der Waals surface area contributed by atoms with Crippen molar-refractivity contribution in [2.24, 2.45) is 0 Å². The second-order valence-corrected chi connectivity index (χ2v) is 5.59. The highest BCUT2D eigenvalue weighted by Crippen LogP contribution is 2.12. The highest BCUT2D eigenvalue weighted by atomic mass is 32.2. The van der Waals surface area contributed by atoms with Crippen LogP contribution in [0.1, 0.15) is 25.5 Å². The summed E-state index contributed by atoms with van der Waals surface area (Å²) in [7, 11) is 0. The molecule has 20 heavy (non-hydrogen) atoms. The van der Waals surface area contributed by atoms with E-state index in [1.165, 1.54) is 17.8 Å². The van der Waals surface area contributed by atoms with Crippen molar-refractivity contribution in [1.29, 1.82) is 0 Å². The van der Waals surface area contributed by atoms with Crippen molar-refractivity contribution in [3.8, 4) is 0 Å². The van der Waals surface area contributed by atoms with Gasteiger partial charge in [0.05, 0.1) is 11.9 Å². The monoisotopic (exact) mass is 297 g/mol. The molecule has 7 heteroatoms. The Morgan fingerprint density at radius 2 is 2.50 bits per heavy atom. The fraction of sp³-hybridized carbons (Fsp3) is 0.615. The molecule has 110 valence electrons. The van der Waals surface area contributed by atoms with Gasteiger partial charge in [0.1, 0.15) is 0 Å². The number of H-pyrrole nitrogens is 1. The third-order valence-corrected chi connectivity index (χ3v) is 3.90. The zero-order valence-corrected chi connectivity index (χ0v) is 12.3. The number of hydrogen-bond donors (Lipinski definition) is 2. The number of carbonyl (C=O) groups excluding carboxylic acids is 1. The summed E-state index contributed by atoms with van der Waals surface area (Å²) in [6, 6.07) is 1.47. The summed E-state index contributed by atoms with van der Waals surface area (Å²) in [6.45, 7) is 3.27. The van der Waals surface area contributed by atoms with E-state index in [9.17, 15) is 9.59 Å². The second-order valence-electron chi connectivity index (χ2n) is 4.62. The van der Waals surface area contributed by atoms with Gasteiger partial charge < -0.3 is 15.0 Å². The average molecular weight is 297 g/mol. The van der Waals surface area contributed by atoms with Gasteiger partial charge in [-0.1, -0.05) is 18.7 Å². The number of carbonyl (C=O) groups is 1. The first-order valence-corrected chi connectivity index (χ1v) is 7.77. The van der Waals surface area contributed by atoms with E-state index >= 15 is 0 Å². The van der Waals surface area contributed by atoms with Crippen molar-refractivity contribution < 1.29 is 9.53 Å². The molecule has 1 fully saturated rings. The Morgan fingerprint density at radius 1 is 1.65 bits per heavy atom. The number of rotatable bonds is 6. The first kappa shape index (κ1) is 15.1. The molecule has 2 rings (SSSR count). The van der Waals surface area contributed by atoms with Crippen molar-refractivity contribution >= 4 is 17.7 Å². The lowest BCUT2D eigenvalue weighted by atomic mass is 10.2. The van der Waals surface area contributed by atoms with Crippen LogP contribution >= 0.6 is 11.8 Å². The molecular weight excluding hydrogens is 278 g/mol. The summed E-state index contributed by atoms with van der Waals surface area (Å²) < 4.78 is 5.43. The van der Waals surface area contributed by atoms with Gasteiger partial charge in [-0.2, -0.15) is 0 Å². The maximum Gasteiger partial charge on any atom is 0.251 e. The molecule has 0 spiro atoms. The SMILES string of the molecule is CCc1cc(=O)[nH]c(SCC(=O)NC[C@@H]2CCCO2)n1. The maximum absolute atomic E-state index is 11.7. The number of aromatic amines is 1. The first-order chi connectivity index (χ1) is 9.67. The number of aromatic nitrogens is 2. The van der Waals surface area contributed by atoms with Gasteiger partial charge in [0, 0.05) is 24.9 Å². The van der Waals surface area contributed by atoms with Crippen molar-refractivity contribution in [3.63, 3.8) is 0 Å². The quantitative estimate of drug-likeness (QED) is 0.597.